The van der Waals surface area contributed by atoms with Crippen LogP contribution >= 0.6 is 11.6 Å². The predicted octanol–water partition coefficient (Wildman–Crippen LogP) is 6.10. The SMILES string of the molecule is C=C(NCC1CCC1)c1cnc(Nc2ccc(F)c(Cl)c2)cc1C(C)C. The van der Waals surface area contributed by atoms with Gasteiger partial charge in [0.05, 0.1) is 5.02 Å². The minimum atomic E-state index is -0.433. The van der Waals surface area contributed by atoms with Crippen LogP contribution in [0.5, 0.6) is 0 Å². The summed E-state index contributed by atoms with van der Waals surface area (Å²) in [6, 6.07) is 6.56. The van der Waals surface area contributed by atoms with E-state index in [1.165, 1.54) is 30.9 Å². The third-order valence-corrected chi connectivity index (χ3v) is 5.19. The maximum atomic E-state index is 13.3. The van der Waals surface area contributed by atoms with Crippen LogP contribution in [0.25, 0.3) is 5.70 Å². The van der Waals surface area contributed by atoms with Crippen LogP contribution in [0.3, 0.4) is 0 Å². The van der Waals surface area contributed by atoms with Crippen molar-refractivity contribution in [2.24, 2.45) is 5.92 Å². The Bertz CT molecular complexity index is 800. The van der Waals surface area contributed by atoms with Crippen molar-refractivity contribution in [1.82, 2.24) is 10.3 Å². The Balaban J connectivity index is 1.76. The Labute approximate surface area is 159 Å². The normalized spacial score (nSPS) is 14.2. The van der Waals surface area contributed by atoms with Crippen LogP contribution < -0.4 is 10.6 Å². The van der Waals surface area contributed by atoms with E-state index in [1.54, 1.807) is 12.1 Å². The van der Waals surface area contributed by atoms with Gasteiger partial charge in [0, 0.05) is 29.7 Å². The molecule has 2 aromatic rings. The summed E-state index contributed by atoms with van der Waals surface area (Å²) in [6.07, 6.45) is 5.79. The van der Waals surface area contributed by atoms with E-state index in [0.29, 0.717) is 17.4 Å². The average Bonchev–Trinajstić information content (AvgIpc) is 2.56. The maximum Gasteiger partial charge on any atom is 0.141 e. The maximum absolute atomic E-state index is 13.3. The largest absolute Gasteiger partial charge is 0.385 e. The molecule has 138 valence electrons. The van der Waals surface area contributed by atoms with Crippen molar-refractivity contribution in [3.8, 4) is 0 Å². The number of halogens is 2. The zero-order valence-electron chi connectivity index (χ0n) is 15.3. The van der Waals surface area contributed by atoms with E-state index >= 15 is 0 Å². The Morgan fingerprint density at radius 1 is 1.35 bits per heavy atom. The van der Waals surface area contributed by atoms with Crippen molar-refractivity contribution in [3.05, 3.63) is 59.0 Å². The Morgan fingerprint density at radius 2 is 2.12 bits per heavy atom. The summed E-state index contributed by atoms with van der Waals surface area (Å²) in [4.78, 5) is 4.50. The second-order valence-corrected chi connectivity index (χ2v) is 7.63. The van der Waals surface area contributed by atoms with Gasteiger partial charge in [0.2, 0.25) is 0 Å². The molecule has 1 saturated carbocycles. The van der Waals surface area contributed by atoms with Crippen LogP contribution in [0.4, 0.5) is 15.9 Å². The van der Waals surface area contributed by atoms with Gasteiger partial charge in [-0.1, -0.05) is 38.4 Å². The van der Waals surface area contributed by atoms with Crippen molar-refractivity contribution in [2.75, 3.05) is 11.9 Å². The van der Waals surface area contributed by atoms with Gasteiger partial charge in [-0.2, -0.15) is 0 Å². The molecule has 1 aliphatic rings. The summed E-state index contributed by atoms with van der Waals surface area (Å²) < 4.78 is 13.3. The van der Waals surface area contributed by atoms with E-state index in [-0.39, 0.29) is 5.02 Å². The highest BCUT2D eigenvalue weighted by atomic mass is 35.5. The van der Waals surface area contributed by atoms with E-state index in [1.807, 2.05) is 12.3 Å². The van der Waals surface area contributed by atoms with Crippen LogP contribution in [0, 0.1) is 11.7 Å². The fourth-order valence-corrected chi connectivity index (χ4v) is 3.23. The standard InChI is InChI=1S/C21H25ClFN3/c1-13(2)17-10-21(26-16-7-8-20(23)19(22)9-16)25-12-18(17)14(3)24-11-15-5-4-6-15/h7-10,12-13,15,24H,3-6,11H2,1-2H3,(H,25,26). The van der Waals surface area contributed by atoms with E-state index in [2.05, 4.69) is 36.0 Å². The van der Waals surface area contributed by atoms with Crippen molar-refractivity contribution < 1.29 is 4.39 Å². The Hall–Kier alpha value is -2.07. The van der Waals surface area contributed by atoms with Gasteiger partial charge < -0.3 is 10.6 Å². The van der Waals surface area contributed by atoms with Crippen LogP contribution in [-0.4, -0.2) is 11.5 Å². The second-order valence-electron chi connectivity index (χ2n) is 7.22. The Morgan fingerprint density at radius 3 is 2.73 bits per heavy atom. The molecule has 3 nitrogen and oxygen atoms in total. The first-order chi connectivity index (χ1) is 12.4. The number of anilines is 2. The molecule has 0 saturated heterocycles. The molecule has 0 aliphatic heterocycles. The summed E-state index contributed by atoms with van der Waals surface area (Å²) in [6.45, 7) is 9.48. The number of pyridine rings is 1. The van der Waals surface area contributed by atoms with Crippen molar-refractivity contribution in [1.29, 1.82) is 0 Å². The molecule has 0 bridgehead atoms. The number of nitrogens with one attached hydrogen (secondary N) is 2. The van der Waals surface area contributed by atoms with Gasteiger partial charge in [-0.15, -0.1) is 0 Å². The molecule has 1 heterocycles. The average molecular weight is 374 g/mol. The smallest absolute Gasteiger partial charge is 0.141 e. The van der Waals surface area contributed by atoms with Crippen molar-refractivity contribution in [2.45, 2.75) is 39.0 Å². The molecule has 2 N–H and O–H groups in total. The third kappa shape index (κ3) is 4.36. The van der Waals surface area contributed by atoms with Gasteiger partial charge in [0.25, 0.3) is 0 Å². The summed E-state index contributed by atoms with van der Waals surface area (Å²) in [5, 5.41) is 6.74. The quantitative estimate of drug-likeness (QED) is 0.615. The fourth-order valence-electron chi connectivity index (χ4n) is 3.05. The van der Waals surface area contributed by atoms with Gasteiger partial charge in [-0.05, 0) is 54.5 Å². The lowest BCUT2D eigenvalue weighted by molar-refractivity contribution is 0.314. The Kier molecular flexibility index (Phi) is 5.82. The first kappa shape index (κ1) is 18.7. The lowest BCUT2D eigenvalue weighted by atomic mass is 9.85. The second kappa shape index (κ2) is 8.09. The van der Waals surface area contributed by atoms with Crippen LogP contribution in [0.2, 0.25) is 5.02 Å². The molecule has 1 aromatic carbocycles. The molecule has 26 heavy (non-hydrogen) atoms. The van der Waals surface area contributed by atoms with Crippen LogP contribution in [-0.2, 0) is 0 Å². The summed E-state index contributed by atoms with van der Waals surface area (Å²) in [7, 11) is 0. The fraction of sp³-hybridized carbons (Fsp3) is 0.381. The van der Waals surface area contributed by atoms with Gasteiger partial charge in [0.1, 0.15) is 11.6 Å². The first-order valence-corrected chi connectivity index (χ1v) is 9.47. The first-order valence-electron chi connectivity index (χ1n) is 9.09. The van der Waals surface area contributed by atoms with Crippen molar-refractivity contribution >= 4 is 28.8 Å². The number of nitrogens with zero attached hydrogens (tertiary/aromatic N) is 1. The zero-order valence-corrected chi connectivity index (χ0v) is 16.0. The van der Waals surface area contributed by atoms with E-state index < -0.39 is 5.82 Å². The van der Waals surface area contributed by atoms with Crippen LogP contribution in [0.15, 0.2) is 37.0 Å². The molecule has 0 spiro atoms. The molecule has 0 atom stereocenters. The monoisotopic (exact) mass is 373 g/mol. The zero-order chi connectivity index (χ0) is 18.7. The third-order valence-electron chi connectivity index (χ3n) is 4.90. The molecule has 0 radical (unpaired) electrons. The van der Waals surface area contributed by atoms with E-state index in [9.17, 15) is 4.39 Å². The molecule has 3 rings (SSSR count). The summed E-state index contributed by atoms with van der Waals surface area (Å²) in [5.74, 6) is 1.36. The number of hydrogen-bond acceptors (Lipinski definition) is 3. The number of benzene rings is 1. The molecule has 1 aromatic heterocycles. The number of rotatable bonds is 7. The van der Waals surface area contributed by atoms with E-state index in [4.69, 9.17) is 11.6 Å². The molecule has 0 amide bonds. The highest BCUT2D eigenvalue weighted by Gasteiger charge is 2.18. The number of hydrogen-bond donors (Lipinski definition) is 2. The minimum absolute atomic E-state index is 0.0873. The van der Waals surface area contributed by atoms with Gasteiger partial charge in [-0.3, -0.25) is 0 Å². The van der Waals surface area contributed by atoms with E-state index in [0.717, 1.165) is 23.7 Å². The minimum Gasteiger partial charge on any atom is -0.385 e. The molecule has 0 unspecified atom stereocenters. The molecule has 1 aliphatic carbocycles. The molecular formula is C21H25ClFN3. The van der Waals surface area contributed by atoms with Gasteiger partial charge >= 0.3 is 0 Å². The molecule has 1 fully saturated rings. The number of aromatic nitrogens is 1. The molecule has 5 heteroatoms. The highest BCUT2D eigenvalue weighted by molar-refractivity contribution is 6.31. The lowest BCUT2D eigenvalue weighted by Crippen LogP contribution is -2.26. The lowest BCUT2D eigenvalue weighted by Gasteiger charge is -2.27. The summed E-state index contributed by atoms with van der Waals surface area (Å²) >= 11 is 5.85. The van der Waals surface area contributed by atoms with Crippen LogP contribution in [0.1, 0.15) is 50.2 Å². The van der Waals surface area contributed by atoms with Crippen molar-refractivity contribution in [3.63, 3.8) is 0 Å². The van der Waals surface area contributed by atoms with Gasteiger partial charge in [0.15, 0.2) is 0 Å². The summed E-state index contributed by atoms with van der Waals surface area (Å²) in [5.41, 5.74) is 3.83. The van der Waals surface area contributed by atoms with Gasteiger partial charge in [-0.25, -0.2) is 9.37 Å². The predicted molar refractivity (Wildman–Crippen MR) is 107 cm³/mol. The molecular weight excluding hydrogens is 349 g/mol. The topological polar surface area (TPSA) is 37.0 Å². The highest BCUT2D eigenvalue weighted by Crippen LogP contribution is 2.29.